The van der Waals surface area contributed by atoms with Gasteiger partial charge in [0.25, 0.3) is 10.0 Å². The van der Waals surface area contributed by atoms with Crippen LogP contribution in [0.5, 0.6) is 0 Å². The van der Waals surface area contributed by atoms with Gasteiger partial charge in [0.1, 0.15) is 18.4 Å². The van der Waals surface area contributed by atoms with E-state index in [0.717, 1.165) is 22.7 Å². The van der Waals surface area contributed by atoms with E-state index in [1.165, 1.54) is 53.4 Å². The van der Waals surface area contributed by atoms with E-state index in [9.17, 15) is 18.0 Å². The van der Waals surface area contributed by atoms with Crippen molar-refractivity contribution in [1.82, 2.24) is 10.2 Å². The predicted molar refractivity (Wildman–Crippen MR) is 176 cm³/mol. The van der Waals surface area contributed by atoms with Gasteiger partial charge < -0.3 is 10.2 Å². The number of hydrogen-bond acceptors (Lipinski definition) is 4. The van der Waals surface area contributed by atoms with E-state index >= 15 is 4.39 Å². The SMILES string of the molecule is CCCCNC(=O)[C@H](Cc1ccccc1)N(Cc1ccccc1F)C(=O)CN(c1cc(Cl)ccc1Cl)S(=O)(=O)c1ccccc1. The predicted octanol–water partition coefficient (Wildman–Crippen LogP) is 6.88. The number of benzene rings is 4. The fourth-order valence-electron chi connectivity index (χ4n) is 4.78. The molecule has 236 valence electrons. The quantitative estimate of drug-likeness (QED) is 0.148. The van der Waals surface area contributed by atoms with E-state index in [2.05, 4.69) is 5.32 Å². The van der Waals surface area contributed by atoms with Gasteiger partial charge >= 0.3 is 0 Å². The molecule has 0 radical (unpaired) electrons. The summed E-state index contributed by atoms with van der Waals surface area (Å²) in [7, 11) is -4.36. The first kappa shape index (κ1) is 34.0. The molecular weight excluding hydrogens is 636 g/mol. The molecule has 4 rings (SSSR count). The van der Waals surface area contributed by atoms with E-state index in [1.807, 2.05) is 37.3 Å². The van der Waals surface area contributed by atoms with Crippen molar-refractivity contribution in [2.24, 2.45) is 0 Å². The molecule has 4 aromatic rings. The number of amides is 2. The number of carbonyl (C=O) groups excluding carboxylic acids is 2. The Morgan fingerprint density at radius 1 is 0.889 bits per heavy atom. The summed E-state index contributed by atoms with van der Waals surface area (Å²) in [4.78, 5) is 29.3. The zero-order chi connectivity index (χ0) is 32.4. The number of nitrogens with one attached hydrogen (secondary N) is 1. The van der Waals surface area contributed by atoms with Crippen molar-refractivity contribution in [2.75, 3.05) is 17.4 Å². The Labute approximate surface area is 273 Å². The topological polar surface area (TPSA) is 86.8 Å². The third-order valence-corrected chi connectivity index (χ3v) is 9.51. The first-order chi connectivity index (χ1) is 21.6. The maximum absolute atomic E-state index is 15.0. The minimum absolute atomic E-state index is 0.0146. The minimum Gasteiger partial charge on any atom is -0.354 e. The molecule has 2 amide bonds. The normalized spacial score (nSPS) is 11.9. The van der Waals surface area contributed by atoms with Gasteiger partial charge in [-0.3, -0.25) is 13.9 Å². The Morgan fingerprint density at radius 2 is 1.53 bits per heavy atom. The smallest absolute Gasteiger partial charge is 0.264 e. The molecule has 0 aliphatic carbocycles. The second-order valence-electron chi connectivity index (χ2n) is 10.4. The van der Waals surface area contributed by atoms with Crippen LogP contribution in [0.4, 0.5) is 10.1 Å². The molecule has 0 saturated carbocycles. The summed E-state index contributed by atoms with van der Waals surface area (Å²) in [6.45, 7) is 1.35. The van der Waals surface area contributed by atoms with E-state index in [4.69, 9.17) is 23.2 Å². The molecule has 0 aliphatic rings. The fraction of sp³-hybridized carbons (Fsp3) is 0.235. The number of hydrogen-bond donors (Lipinski definition) is 1. The molecule has 11 heteroatoms. The summed E-state index contributed by atoms with van der Waals surface area (Å²) in [5.74, 6) is -1.73. The molecule has 0 aliphatic heterocycles. The number of unbranched alkanes of at least 4 members (excludes halogenated alkanes) is 1. The summed E-state index contributed by atoms with van der Waals surface area (Å²) >= 11 is 12.7. The lowest BCUT2D eigenvalue weighted by Crippen LogP contribution is -2.53. The van der Waals surface area contributed by atoms with Crippen LogP contribution in [0.25, 0.3) is 0 Å². The Morgan fingerprint density at radius 3 is 2.20 bits per heavy atom. The molecule has 0 saturated heterocycles. The number of carbonyl (C=O) groups is 2. The summed E-state index contributed by atoms with van der Waals surface area (Å²) in [5, 5.41) is 3.15. The lowest BCUT2D eigenvalue weighted by Gasteiger charge is -2.34. The second-order valence-corrected chi connectivity index (χ2v) is 13.1. The Hall–Kier alpha value is -3.92. The summed E-state index contributed by atoms with van der Waals surface area (Å²) in [6, 6.07) is 25.9. The van der Waals surface area contributed by atoms with Crippen LogP contribution < -0.4 is 9.62 Å². The molecule has 0 fully saturated rings. The van der Waals surface area contributed by atoms with Crippen molar-refractivity contribution >= 4 is 50.7 Å². The Kier molecular flexibility index (Phi) is 12.0. The highest BCUT2D eigenvalue weighted by Gasteiger charge is 2.35. The number of sulfonamides is 1. The van der Waals surface area contributed by atoms with Crippen molar-refractivity contribution in [2.45, 2.75) is 43.7 Å². The third-order valence-electron chi connectivity index (χ3n) is 7.19. The van der Waals surface area contributed by atoms with E-state index in [0.29, 0.717) is 6.54 Å². The van der Waals surface area contributed by atoms with Crippen LogP contribution in [0, 0.1) is 5.82 Å². The maximum Gasteiger partial charge on any atom is 0.264 e. The van der Waals surface area contributed by atoms with Crippen molar-refractivity contribution in [1.29, 1.82) is 0 Å². The first-order valence-corrected chi connectivity index (χ1v) is 16.7. The molecule has 0 spiro atoms. The third kappa shape index (κ3) is 8.84. The highest BCUT2D eigenvalue weighted by atomic mass is 35.5. The van der Waals surface area contributed by atoms with Gasteiger partial charge in [0.05, 0.1) is 15.6 Å². The molecular formula is C34H34Cl2FN3O4S. The number of rotatable bonds is 14. The molecule has 45 heavy (non-hydrogen) atoms. The van der Waals surface area contributed by atoms with Gasteiger partial charge in [-0.1, -0.05) is 103 Å². The molecule has 1 atom stereocenters. The van der Waals surface area contributed by atoms with Gasteiger partial charge in [0, 0.05) is 30.1 Å². The highest BCUT2D eigenvalue weighted by molar-refractivity contribution is 7.92. The number of anilines is 1. The molecule has 0 aromatic heterocycles. The molecule has 4 aromatic carbocycles. The fourth-order valence-corrected chi connectivity index (χ4v) is 6.66. The van der Waals surface area contributed by atoms with Crippen LogP contribution in [-0.2, 0) is 32.6 Å². The van der Waals surface area contributed by atoms with Crippen LogP contribution in [0.2, 0.25) is 10.0 Å². The largest absolute Gasteiger partial charge is 0.354 e. The van der Waals surface area contributed by atoms with Crippen LogP contribution in [0.15, 0.2) is 108 Å². The van der Waals surface area contributed by atoms with Gasteiger partial charge in [-0.25, -0.2) is 12.8 Å². The lowest BCUT2D eigenvalue weighted by molar-refractivity contribution is -0.140. The molecule has 0 unspecified atom stereocenters. The van der Waals surface area contributed by atoms with E-state index in [-0.39, 0.29) is 39.2 Å². The standard InChI is InChI=1S/C34H34Cl2FN3O4S/c1-2-3-20-38-34(42)32(21-25-12-6-4-7-13-25)39(23-26-14-10-11-17-30(26)37)33(41)24-40(31-22-27(35)18-19-29(31)36)45(43,44)28-15-8-5-9-16-28/h4-19,22,32H,2-3,20-21,23-24H2,1H3,(H,38,42)/t32-/m0/s1. The monoisotopic (exact) mass is 669 g/mol. The van der Waals surface area contributed by atoms with Gasteiger partial charge in [0.15, 0.2) is 0 Å². The molecule has 1 N–H and O–H groups in total. The lowest BCUT2D eigenvalue weighted by atomic mass is 10.0. The van der Waals surface area contributed by atoms with Crippen LogP contribution in [0.3, 0.4) is 0 Å². The first-order valence-electron chi connectivity index (χ1n) is 14.5. The number of nitrogens with zero attached hydrogens (tertiary/aromatic N) is 2. The Balaban J connectivity index is 1.82. The van der Waals surface area contributed by atoms with Crippen LogP contribution >= 0.6 is 23.2 Å². The highest BCUT2D eigenvalue weighted by Crippen LogP contribution is 2.33. The van der Waals surface area contributed by atoms with E-state index in [1.54, 1.807) is 24.3 Å². The van der Waals surface area contributed by atoms with Gasteiger partial charge in [-0.2, -0.15) is 0 Å². The molecule has 7 nitrogen and oxygen atoms in total. The molecule has 0 heterocycles. The van der Waals surface area contributed by atoms with Gasteiger partial charge in [0.2, 0.25) is 11.8 Å². The van der Waals surface area contributed by atoms with Crippen molar-refractivity contribution < 1.29 is 22.4 Å². The summed E-state index contributed by atoms with van der Waals surface area (Å²) in [6.07, 6.45) is 1.68. The minimum atomic E-state index is -4.36. The van der Waals surface area contributed by atoms with Crippen molar-refractivity contribution in [3.8, 4) is 0 Å². The zero-order valence-corrected chi connectivity index (χ0v) is 27.0. The Bertz CT molecular complexity index is 1710. The number of halogens is 3. The van der Waals surface area contributed by atoms with Gasteiger partial charge in [-0.15, -0.1) is 0 Å². The van der Waals surface area contributed by atoms with E-state index < -0.39 is 40.2 Å². The second kappa shape index (κ2) is 15.9. The average Bonchev–Trinajstić information content (AvgIpc) is 3.04. The van der Waals surface area contributed by atoms with Crippen LogP contribution in [0.1, 0.15) is 30.9 Å². The van der Waals surface area contributed by atoms with Crippen molar-refractivity contribution in [3.63, 3.8) is 0 Å². The maximum atomic E-state index is 15.0. The summed E-state index contributed by atoms with van der Waals surface area (Å²) in [5.41, 5.74) is 0.925. The van der Waals surface area contributed by atoms with Gasteiger partial charge in [-0.05, 0) is 48.4 Å². The zero-order valence-electron chi connectivity index (χ0n) is 24.7. The van der Waals surface area contributed by atoms with Crippen LogP contribution in [-0.4, -0.2) is 44.3 Å². The van der Waals surface area contributed by atoms with Crippen molar-refractivity contribution in [3.05, 3.63) is 130 Å². The molecule has 0 bridgehead atoms. The summed E-state index contributed by atoms with van der Waals surface area (Å²) < 4.78 is 44.0. The average molecular weight is 671 g/mol.